The van der Waals surface area contributed by atoms with Crippen molar-refractivity contribution >= 4 is 22.9 Å². The third-order valence-corrected chi connectivity index (χ3v) is 4.61. The van der Waals surface area contributed by atoms with Crippen molar-refractivity contribution in [3.8, 4) is 17.2 Å². The van der Waals surface area contributed by atoms with Gasteiger partial charge in [-0.1, -0.05) is 6.92 Å². The van der Waals surface area contributed by atoms with Crippen LogP contribution in [-0.2, 0) is 18.9 Å². The fraction of sp³-hybridized carbons (Fsp3) is 0.375. The van der Waals surface area contributed by atoms with E-state index in [-0.39, 0.29) is 0 Å². The van der Waals surface area contributed by atoms with E-state index in [1.165, 1.54) is 9.75 Å². The number of rotatable bonds is 7. The van der Waals surface area contributed by atoms with E-state index in [1.807, 2.05) is 12.1 Å². The summed E-state index contributed by atoms with van der Waals surface area (Å²) in [5.41, 5.74) is 0.933. The van der Waals surface area contributed by atoms with Crippen molar-refractivity contribution in [1.29, 1.82) is 0 Å². The molecule has 0 saturated heterocycles. The van der Waals surface area contributed by atoms with Gasteiger partial charge in [0.2, 0.25) is 5.75 Å². The molecule has 3 nitrogen and oxygen atoms in total. The Bertz CT molecular complexity index is 570. The standard InChI is InChI=1S/C16H19ClO3S/c1-4-12-5-6-13(21-12)10-20-16-14(18-2)7-11(9-17)8-15(16)19-3/h5-8H,4,9-10H2,1-3H3. The van der Waals surface area contributed by atoms with E-state index in [0.29, 0.717) is 29.7 Å². The van der Waals surface area contributed by atoms with Gasteiger partial charge in [-0.25, -0.2) is 0 Å². The maximum absolute atomic E-state index is 5.91. The smallest absolute Gasteiger partial charge is 0.203 e. The van der Waals surface area contributed by atoms with Crippen LogP contribution >= 0.6 is 22.9 Å². The third-order valence-electron chi connectivity index (χ3n) is 3.10. The molecule has 0 bridgehead atoms. The first-order chi connectivity index (χ1) is 10.2. The molecule has 0 aliphatic rings. The number of methoxy groups -OCH3 is 2. The van der Waals surface area contributed by atoms with E-state index in [9.17, 15) is 0 Å². The van der Waals surface area contributed by atoms with Gasteiger partial charge in [0.25, 0.3) is 0 Å². The zero-order valence-electron chi connectivity index (χ0n) is 12.4. The van der Waals surface area contributed by atoms with Crippen LogP contribution in [0.2, 0.25) is 0 Å². The number of alkyl halides is 1. The summed E-state index contributed by atoms with van der Waals surface area (Å²) in [5.74, 6) is 2.28. The van der Waals surface area contributed by atoms with Crippen molar-refractivity contribution in [3.05, 3.63) is 39.6 Å². The van der Waals surface area contributed by atoms with Gasteiger partial charge >= 0.3 is 0 Å². The fourth-order valence-electron chi connectivity index (χ4n) is 1.99. The molecule has 2 aromatic rings. The molecule has 0 atom stereocenters. The minimum atomic E-state index is 0.401. The lowest BCUT2D eigenvalue weighted by atomic mass is 10.2. The lowest BCUT2D eigenvalue weighted by Gasteiger charge is -2.15. The number of hydrogen-bond donors (Lipinski definition) is 0. The maximum atomic E-state index is 5.91. The molecule has 21 heavy (non-hydrogen) atoms. The summed E-state index contributed by atoms with van der Waals surface area (Å²) in [4.78, 5) is 2.53. The Morgan fingerprint density at radius 2 is 1.67 bits per heavy atom. The molecule has 0 amide bonds. The number of ether oxygens (including phenoxy) is 3. The van der Waals surface area contributed by atoms with Crippen LogP contribution in [0.5, 0.6) is 17.2 Å². The number of aryl methyl sites for hydroxylation is 1. The van der Waals surface area contributed by atoms with E-state index in [4.69, 9.17) is 25.8 Å². The van der Waals surface area contributed by atoms with Crippen LogP contribution in [0, 0.1) is 0 Å². The molecule has 114 valence electrons. The Labute approximate surface area is 134 Å². The van der Waals surface area contributed by atoms with Crippen molar-refractivity contribution < 1.29 is 14.2 Å². The quantitative estimate of drug-likeness (QED) is 0.693. The van der Waals surface area contributed by atoms with Gasteiger partial charge in [0.05, 0.1) is 14.2 Å². The van der Waals surface area contributed by atoms with Crippen LogP contribution in [-0.4, -0.2) is 14.2 Å². The van der Waals surface area contributed by atoms with E-state index in [2.05, 4.69) is 19.1 Å². The second kappa shape index (κ2) is 7.57. The minimum Gasteiger partial charge on any atom is -0.493 e. The van der Waals surface area contributed by atoms with Crippen molar-refractivity contribution in [2.75, 3.05) is 14.2 Å². The molecule has 1 aromatic carbocycles. The highest BCUT2D eigenvalue weighted by Gasteiger charge is 2.14. The zero-order valence-corrected chi connectivity index (χ0v) is 14.0. The molecule has 2 rings (SSSR count). The van der Waals surface area contributed by atoms with E-state index < -0.39 is 0 Å². The molecule has 1 aromatic heterocycles. The van der Waals surface area contributed by atoms with Crippen molar-refractivity contribution in [2.24, 2.45) is 0 Å². The molecular weight excluding hydrogens is 308 g/mol. The summed E-state index contributed by atoms with van der Waals surface area (Å²) in [6.45, 7) is 2.64. The summed E-state index contributed by atoms with van der Waals surface area (Å²) < 4.78 is 16.7. The van der Waals surface area contributed by atoms with Crippen LogP contribution < -0.4 is 14.2 Å². The number of halogens is 1. The molecular formula is C16H19ClO3S. The van der Waals surface area contributed by atoms with Crippen LogP contribution in [0.4, 0.5) is 0 Å². The van der Waals surface area contributed by atoms with Gasteiger partial charge < -0.3 is 14.2 Å². The topological polar surface area (TPSA) is 27.7 Å². The first-order valence-corrected chi connectivity index (χ1v) is 8.08. The maximum Gasteiger partial charge on any atom is 0.203 e. The molecule has 0 fully saturated rings. The Kier molecular flexibility index (Phi) is 5.76. The van der Waals surface area contributed by atoms with Gasteiger partial charge in [-0.05, 0) is 36.2 Å². The SMILES string of the molecule is CCc1ccc(COc2c(OC)cc(CCl)cc2OC)s1. The van der Waals surface area contributed by atoms with Gasteiger partial charge in [-0.2, -0.15) is 0 Å². The monoisotopic (exact) mass is 326 g/mol. The predicted octanol–water partition coefficient (Wildman–Crippen LogP) is 4.65. The predicted molar refractivity (Wildman–Crippen MR) is 87.1 cm³/mol. The van der Waals surface area contributed by atoms with Crippen LogP contribution in [0.25, 0.3) is 0 Å². The van der Waals surface area contributed by atoms with Crippen LogP contribution in [0.1, 0.15) is 22.2 Å². The normalized spacial score (nSPS) is 10.5. The van der Waals surface area contributed by atoms with Crippen molar-refractivity contribution in [1.82, 2.24) is 0 Å². The van der Waals surface area contributed by atoms with Crippen molar-refractivity contribution in [3.63, 3.8) is 0 Å². The number of thiophene rings is 1. The highest BCUT2D eigenvalue weighted by molar-refractivity contribution is 7.11. The third kappa shape index (κ3) is 3.83. The Morgan fingerprint density at radius 1 is 1.05 bits per heavy atom. The molecule has 0 radical (unpaired) electrons. The van der Waals surface area contributed by atoms with Gasteiger partial charge in [-0.3, -0.25) is 0 Å². The van der Waals surface area contributed by atoms with Gasteiger partial charge in [0, 0.05) is 15.6 Å². The molecule has 1 heterocycles. The van der Waals surface area contributed by atoms with Gasteiger partial charge in [-0.15, -0.1) is 22.9 Å². The summed E-state index contributed by atoms with van der Waals surface area (Å²) in [6, 6.07) is 7.97. The fourth-order valence-corrected chi connectivity index (χ4v) is 3.01. The average Bonchev–Trinajstić information content (AvgIpc) is 2.99. The minimum absolute atomic E-state index is 0.401. The molecule has 0 unspecified atom stereocenters. The Balaban J connectivity index is 2.21. The zero-order chi connectivity index (χ0) is 15.2. The molecule has 0 spiro atoms. The summed E-state index contributed by atoms with van der Waals surface area (Å²) in [7, 11) is 3.22. The first-order valence-electron chi connectivity index (χ1n) is 6.73. The van der Waals surface area contributed by atoms with Crippen LogP contribution in [0.3, 0.4) is 0 Å². The highest BCUT2D eigenvalue weighted by atomic mass is 35.5. The lowest BCUT2D eigenvalue weighted by molar-refractivity contribution is 0.268. The number of benzene rings is 1. The lowest BCUT2D eigenvalue weighted by Crippen LogP contribution is -2.00. The molecule has 5 heteroatoms. The largest absolute Gasteiger partial charge is 0.493 e. The van der Waals surface area contributed by atoms with Crippen LogP contribution in [0.15, 0.2) is 24.3 Å². The summed E-state index contributed by atoms with van der Waals surface area (Å²) >= 11 is 7.64. The summed E-state index contributed by atoms with van der Waals surface area (Å²) in [5, 5.41) is 0. The van der Waals surface area contributed by atoms with E-state index in [0.717, 1.165) is 12.0 Å². The van der Waals surface area contributed by atoms with E-state index >= 15 is 0 Å². The molecule has 0 saturated carbocycles. The Morgan fingerprint density at radius 3 is 2.14 bits per heavy atom. The number of hydrogen-bond acceptors (Lipinski definition) is 4. The molecule has 0 N–H and O–H groups in total. The highest BCUT2D eigenvalue weighted by Crippen LogP contribution is 2.39. The molecule has 0 aliphatic heterocycles. The summed E-state index contributed by atoms with van der Waals surface area (Å²) in [6.07, 6.45) is 1.04. The first kappa shape index (κ1) is 16.0. The van der Waals surface area contributed by atoms with Crippen molar-refractivity contribution in [2.45, 2.75) is 25.8 Å². The molecule has 0 aliphatic carbocycles. The second-order valence-electron chi connectivity index (χ2n) is 4.47. The average molecular weight is 327 g/mol. The Hall–Kier alpha value is -1.39. The van der Waals surface area contributed by atoms with E-state index in [1.54, 1.807) is 25.6 Å². The van der Waals surface area contributed by atoms with Gasteiger partial charge in [0.15, 0.2) is 11.5 Å². The van der Waals surface area contributed by atoms with Gasteiger partial charge in [0.1, 0.15) is 6.61 Å². The second-order valence-corrected chi connectivity index (χ2v) is 5.99.